The molecule has 1 amide bonds. The number of nitrogens with zero attached hydrogens (tertiary/aromatic N) is 3. The lowest BCUT2D eigenvalue weighted by Gasteiger charge is -2.36. The van der Waals surface area contributed by atoms with E-state index in [1.54, 1.807) is 0 Å². The van der Waals surface area contributed by atoms with Crippen LogP contribution in [0.1, 0.15) is 12.8 Å². The molecule has 4 heterocycles. The molecule has 4 aliphatic rings. The van der Waals surface area contributed by atoms with Crippen LogP contribution in [0, 0.1) is 11.8 Å². The number of carbonyl (C=O) groups excluding carboxylic acids is 2. The van der Waals surface area contributed by atoms with Crippen molar-refractivity contribution >= 4 is 23.7 Å². The van der Waals surface area contributed by atoms with E-state index in [0.717, 1.165) is 52.1 Å². The zero-order chi connectivity index (χ0) is 18.7. The van der Waals surface area contributed by atoms with Crippen LogP contribution in [0.4, 0.5) is 0 Å². The fourth-order valence-corrected chi connectivity index (χ4v) is 4.65. The number of likely N-dealkylation sites (N-methyl/N-ethyl adjacent to an activating group) is 2. The highest BCUT2D eigenvalue weighted by molar-refractivity contribution is 7.96. The minimum atomic E-state index is -0.339. The molecular formula is C18H32N4O3S. The van der Waals surface area contributed by atoms with Gasteiger partial charge in [-0.25, -0.2) is 0 Å². The lowest BCUT2D eigenvalue weighted by atomic mass is 9.79. The summed E-state index contributed by atoms with van der Waals surface area (Å²) in [6.45, 7) is 8.03. The van der Waals surface area contributed by atoms with Crippen LogP contribution in [-0.2, 0) is 14.3 Å². The summed E-state index contributed by atoms with van der Waals surface area (Å²) in [7, 11) is 4.21. The van der Waals surface area contributed by atoms with Crippen molar-refractivity contribution in [1.29, 1.82) is 0 Å². The van der Waals surface area contributed by atoms with Crippen molar-refractivity contribution in [3.05, 3.63) is 0 Å². The predicted octanol–water partition coefficient (Wildman–Crippen LogP) is -0.468. The van der Waals surface area contributed by atoms with Gasteiger partial charge in [-0.3, -0.25) is 9.59 Å². The molecular weight excluding hydrogens is 352 g/mol. The highest BCUT2D eigenvalue weighted by Crippen LogP contribution is 2.45. The van der Waals surface area contributed by atoms with E-state index in [1.165, 1.54) is 13.1 Å². The number of hydrogen-bond acceptors (Lipinski definition) is 6. The summed E-state index contributed by atoms with van der Waals surface area (Å²) in [5.41, 5.74) is 0. The van der Waals surface area contributed by atoms with Gasteiger partial charge < -0.3 is 24.8 Å². The maximum absolute atomic E-state index is 12.7. The number of thiol groups is 1. The highest BCUT2D eigenvalue weighted by Gasteiger charge is 2.55. The van der Waals surface area contributed by atoms with Crippen molar-refractivity contribution in [3.63, 3.8) is 0 Å². The highest BCUT2D eigenvalue weighted by atomic mass is 32.1. The third kappa shape index (κ3) is 4.59. The third-order valence-corrected chi connectivity index (χ3v) is 6.30. The largest absolute Gasteiger partial charge is 0.373 e. The molecule has 4 rings (SSSR count). The second kappa shape index (κ2) is 9.01. The quantitative estimate of drug-likeness (QED) is 0.628. The third-order valence-electron chi connectivity index (χ3n) is 6.00. The van der Waals surface area contributed by atoms with Gasteiger partial charge in [-0.05, 0) is 26.9 Å². The Morgan fingerprint density at radius 2 is 1.42 bits per heavy atom. The molecule has 4 aliphatic heterocycles. The van der Waals surface area contributed by atoms with Crippen LogP contribution in [0.15, 0.2) is 0 Å². The van der Waals surface area contributed by atoms with E-state index in [1.807, 2.05) is 4.90 Å². The molecule has 4 fully saturated rings. The molecule has 2 unspecified atom stereocenters. The number of hydrogen-bond donors (Lipinski definition) is 2. The van der Waals surface area contributed by atoms with E-state index in [9.17, 15) is 9.59 Å². The number of rotatable bonds is 2. The topological polar surface area (TPSA) is 65.1 Å². The number of fused-ring (bicyclic) bond motifs is 2. The first kappa shape index (κ1) is 20.1. The molecule has 0 aromatic heterocycles. The fourth-order valence-electron chi connectivity index (χ4n) is 4.32. The molecule has 0 spiro atoms. The van der Waals surface area contributed by atoms with Crippen LogP contribution in [0.25, 0.3) is 0 Å². The van der Waals surface area contributed by atoms with Crippen molar-refractivity contribution in [2.45, 2.75) is 25.0 Å². The number of amides is 1. The molecule has 4 saturated heterocycles. The van der Waals surface area contributed by atoms with Gasteiger partial charge in [0.15, 0.2) is 5.12 Å². The first-order valence-electron chi connectivity index (χ1n) is 9.72. The summed E-state index contributed by atoms with van der Waals surface area (Å²) in [6.07, 6.45) is 1.62. The minimum absolute atomic E-state index is 0.0711. The van der Waals surface area contributed by atoms with Gasteiger partial charge in [-0.15, -0.1) is 12.6 Å². The zero-order valence-corrected chi connectivity index (χ0v) is 16.8. The number of piperazine rings is 2. The molecule has 7 nitrogen and oxygen atoms in total. The second-order valence-corrected chi connectivity index (χ2v) is 8.30. The Hall–Kier alpha value is -0.670. The van der Waals surface area contributed by atoms with E-state index in [0.29, 0.717) is 0 Å². The lowest BCUT2D eigenvalue weighted by molar-refractivity contribution is -0.141. The molecule has 4 atom stereocenters. The first-order chi connectivity index (χ1) is 12.5. The molecule has 0 aliphatic carbocycles. The summed E-state index contributed by atoms with van der Waals surface area (Å²) < 4.78 is 5.76. The molecule has 148 valence electrons. The summed E-state index contributed by atoms with van der Waals surface area (Å²) in [4.78, 5) is 30.8. The lowest BCUT2D eigenvalue weighted by Crippen LogP contribution is -2.52. The summed E-state index contributed by atoms with van der Waals surface area (Å²) in [6, 6.07) is 0. The van der Waals surface area contributed by atoms with Crippen LogP contribution in [0.5, 0.6) is 0 Å². The van der Waals surface area contributed by atoms with Gasteiger partial charge >= 0.3 is 0 Å². The van der Waals surface area contributed by atoms with Gasteiger partial charge in [0.1, 0.15) is 0 Å². The Balaban J connectivity index is 0.000000236. The van der Waals surface area contributed by atoms with Crippen molar-refractivity contribution in [1.82, 2.24) is 20.0 Å². The van der Waals surface area contributed by atoms with Crippen LogP contribution in [0.3, 0.4) is 0 Å². The van der Waals surface area contributed by atoms with Gasteiger partial charge in [-0.1, -0.05) is 0 Å². The predicted molar refractivity (Wildman–Crippen MR) is 103 cm³/mol. The fraction of sp³-hybridized carbons (Fsp3) is 0.889. The van der Waals surface area contributed by atoms with E-state index in [4.69, 9.17) is 4.74 Å². The SMILES string of the molecule is CN1CCN(C(=O)C2C(C(=O)S)[C@H]3CC[C@H]2O3)CC1.CN1CCNCC1. The summed E-state index contributed by atoms with van der Waals surface area (Å²) >= 11 is 3.96. The second-order valence-electron chi connectivity index (χ2n) is 7.86. The Kier molecular flexibility index (Phi) is 6.96. The minimum Gasteiger partial charge on any atom is -0.373 e. The Morgan fingerprint density at radius 1 is 0.885 bits per heavy atom. The van der Waals surface area contributed by atoms with Gasteiger partial charge in [0.2, 0.25) is 5.91 Å². The standard InChI is InChI=1S/C13H20N2O3S.C5H12N2/c1-14-4-6-15(7-5-14)12(16)10-8-2-3-9(18-8)11(10)13(17)19;1-7-4-2-6-3-5-7/h8-11H,2-7H2,1H3,(H,17,19);6H,2-5H2,1H3/t8-,9-,10?,11?;/m1./s1. The molecule has 1 N–H and O–H groups in total. The molecule has 0 saturated carbocycles. The van der Waals surface area contributed by atoms with Crippen molar-refractivity contribution in [3.8, 4) is 0 Å². The van der Waals surface area contributed by atoms with Crippen molar-refractivity contribution < 1.29 is 14.3 Å². The van der Waals surface area contributed by atoms with E-state index in [-0.39, 0.29) is 35.1 Å². The molecule has 2 bridgehead atoms. The zero-order valence-electron chi connectivity index (χ0n) is 15.9. The monoisotopic (exact) mass is 384 g/mol. The van der Waals surface area contributed by atoms with Gasteiger partial charge in [-0.2, -0.15) is 0 Å². The van der Waals surface area contributed by atoms with Gasteiger partial charge in [0, 0.05) is 52.4 Å². The molecule has 0 aromatic carbocycles. The molecule has 0 radical (unpaired) electrons. The maximum Gasteiger partial charge on any atom is 0.229 e. The molecule has 8 heteroatoms. The average Bonchev–Trinajstić information content (AvgIpc) is 3.24. The Bertz CT molecular complexity index is 507. The van der Waals surface area contributed by atoms with E-state index >= 15 is 0 Å². The summed E-state index contributed by atoms with van der Waals surface area (Å²) in [5, 5.41) is 3.08. The molecule has 0 aromatic rings. The van der Waals surface area contributed by atoms with Crippen LogP contribution in [-0.4, -0.2) is 104 Å². The average molecular weight is 385 g/mol. The van der Waals surface area contributed by atoms with Crippen molar-refractivity contribution in [2.24, 2.45) is 11.8 Å². The van der Waals surface area contributed by atoms with E-state index in [2.05, 4.69) is 41.8 Å². The van der Waals surface area contributed by atoms with Gasteiger partial charge in [0.25, 0.3) is 0 Å². The first-order valence-corrected chi connectivity index (χ1v) is 10.2. The Morgan fingerprint density at radius 3 is 1.92 bits per heavy atom. The normalized spacial score (nSPS) is 35.1. The van der Waals surface area contributed by atoms with E-state index < -0.39 is 0 Å². The number of carbonyl (C=O) groups is 2. The van der Waals surface area contributed by atoms with Crippen LogP contribution >= 0.6 is 12.6 Å². The van der Waals surface area contributed by atoms with Gasteiger partial charge in [0.05, 0.1) is 24.0 Å². The Labute approximate surface area is 161 Å². The van der Waals surface area contributed by atoms with Crippen LogP contribution in [0.2, 0.25) is 0 Å². The summed E-state index contributed by atoms with van der Waals surface area (Å²) in [5.74, 6) is -0.547. The number of ether oxygens (including phenoxy) is 1. The van der Waals surface area contributed by atoms with Crippen LogP contribution < -0.4 is 5.32 Å². The maximum atomic E-state index is 12.7. The van der Waals surface area contributed by atoms with Crippen molar-refractivity contribution in [2.75, 3.05) is 66.5 Å². The molecule has 26 heavy (non-hydrogen) atoms. The number of nitrogens with one attached hydrogen (secondary N) is 1. The smallest absolute Gasteiger partial charge is 0.229 e.